The second-order valence-electron chi connectivity index (χ2n) is 3.37. The molecule has 1 heterocycles. The molecule has 13 heavy (non-hydrogen) atoms. The van der Waals surface area contributed by atoms with E-state index < -0.39 is 0 Å². The van der Waals surface area contributed by atoms with Gasteiger partial charge in [0.25, 0.3) is 0 Å². The first-order chi connectivity index (χ1) is 6.22. The molecule has 0 aliphatic heterocycles. The Morgan fingerprint density at radius 2 is 2.46 bits per heavy atom. The molecule has 70 valence electrons. The summed E-state index contributed by atoms with van der Waals surface area (Å²) in [6, 6.07) is 2.04. The largest absolute Gasteiger partial charge is 0.330 e. The van der Waals surface area contributed by atoms with Crippen LogP contribution in [0.1, 0.15) is 17.9 Å². The van der Waals surface area contributed by atoms with Crippen LogP contribution in [0.3, 0.4) is 0 Å². The van der Waals surface area contributed by atoms with Gasteiger partial charge >= 0.3 is 0 Å². The predicted molar refractivity (Wildman–Crippen MR) is 56.8 cm³/mol. The molecule has 2 atom stereocenters. The lowest BCUT2D eigenvalue weighted by Gasteiger charge is -2.02. The molecule has 1 aromatic heterocycles. The van der Waals surface area contributed by atoms with Crippen molar-refractivity contribution >= 4 is 27.5 Å². The van der Waals surface area contributed by atoms with Gasteiger partial charge in [0, 0.05) is 10.7 Å². The summed E-state index contributed by atoms with van der Waals surface area (Å²) in [4.78, 5) is 4.09. The number of hydrogen-bond acceptors (Lipinski definition) is 2. The average molecular weight is 262 g/mol. The lowest BCUT2D eigenvalue weighted by atomic mass is 10.1. The number of aromatic nitrogens is 1. The van der Waals surface area contributed by atoms with Crippen molar-refractivity contribution in [2.24, 2.45) is 11.7 Å². The molecule has 2 unspecified atom stereocenters. The number of halogens is 2. The Bertz CT molecular complexity index is 329. The maximum Gasteiger partial charge on any atom is 0.132 e. The molecule has 1 aromatic rings. The first-order valence-electron chi connectivity index (χ1n) is 4.23. The maximum atomic E-state index is 5.98. The van der Waals surface area contributed by atoms with E-state index in [1.54, 1.807) is 6.20 Å². The van der Waals surface area contributed by atoms with E-state index in [-0.39, 0.29) is 0 Å². The highest BCUT2D eigenvalue weighted by Gasteiger charge is 2.38. The lowest BCUT2D eigenvalue weighted by molar-refractivity contribution is 0.807. The van der Waals surface area contributed by atoms with Crippen LogP contribution in [0.4, 0.5) is 0 Å². The fourth-order valence-corrected chi connectivity index (χ4v) is 2.18. The summed E-state index contributed by atoms with van der Waals surface area (Å²) in [7, 11) is 0. The number of nitrogens with zero attached hydrogens (tertiary/aromatic N) is 1. The Balaban J connectivity index is 2.25. The summed E-state index contributed by atoms with van der Waals surface area (Å²) in [6.45, 7) is 0.744. The van der Waals surface area contributed by atoms with Crippen LogP contribution in [-0.4, -0.2) is 11.5 Å². The van der Waals surface area contributed by atoms with Gasteiger partial charge in [-0.25, -0.2) is 4.98 Å². The van der Waals surface area contributed by atoms with E-state index in [9.17, 15) is 0 Å². The van der Waals surface area contributed by atoms with Gasteiger partial charge < -0.3 is 5.73 Å². The van der Waals surface area contributed by atoms with E-state index >= 15 is 0 Å². The summed E-state index contributed by atoms with van der Waals surface area (Å²) in [5.41, 5.74) is 6.71. The third-order valence-corrected chi connectivity index (χ3v) is 3.21. The summed E-state index contributed by atoms with van der Waals surface area (Å²) < 4.78 is 0.981. The fourth-order valence-electron chi connectivity index (χ4n) is 1.59. The molecule has 4 heteroatoms. The number of nitrogens with two attached hydrogens (primary N) is 1. The maximum absolute atomic E-state index is 5.98. The molecular weight excluding hydrogens is 251 g/mol. The quantitative estimate of drug-likeness (QED) is 0.831. The molecule has 0 bridgehead atoms. The Hall–Kier alpha value is -0.120. The minimum Gasteiger partial charge on any atom is -0.330 e. The molecule has 2 nitrogen and oxygen atoms in total. The minimum absolute atomic E-state index is 0.530. The highest BCUT2D eigenvalue weighted by Crippen LogP contribution is 2.48. The summed E-state index contributed by atoms with van der Waals surface area (Å²) in [5.74, 6) is 1.14. The average Bonchev–Trinajstić information content (AvgIpc) is 2.88. The molecule has 0 saturated heterocycles. The van der Waals surface area contributed by atoms with Crippen molar-refractivity contribution in [3.63, 3.8) is 0 Å². The van der Waals surface area contributed by atoms with E-state index in [0.717, 1.165) is 23.0 Å². The zero-order valence-electron chi connectivity index (χ0n) is 7.00. The first-order valence-corrected chi connectivity index (χ1v) is 5.40. The van der Waals surface area contributed by atoms with Crippen LogP contribution in [0, 0.1) is 5.92 Å². The van der Waals surface area contributed by atoms with Crippen molar-refractivity contribution in [1.29, 1.82) is 0 Å². The van der Waals surface area contributed by atoms with Gasteiger partial charge in [-0.05, 0) is 52.4 Å². The van der Waals surface area contributed by atoms with Crippen LogP contribution in [0.15, 0.2) is 16.7 Å². The van der Waals surface area contributed by atoms with Gasteiger partial charge in [-0.1, -0.05) is 11.6 Å². The topological polar surface area (TPSA) is 38.9 Å². The number of rotatable bonds is 2. The van der Waals surface area contributed by atoms with Crippen molar-refractivity contribution < 1.29 is 0 Å². The van der Waals surface area contributed by atoms with E-state index in [2.05, 4.69) is 20.9 Å². The Morgan fingerprint density at radius 1 is 1.69 bits per heavy atom. The molecule has 1 fully saturated rings. The van der Waals surface area contributed by atoms with Gasteiger partial charge in [-0.15, -0.1) is 0 Å². The van der Waals surface area contributed by atoms with Gasteiger partial charge in [0.1, 0.15) is 5.15 Å². The third-order valence-electron chi connectivity index (χ3n) is 2.46. The second-order valence-corrected chi connectivity index (χ2v) is 4.65. The van der Waals surface area contributed by atoms with Crippen molar-refractivity contribution in [2.45, 2.75) is 12.3 Å². The smallest absolute Gasteiger partial charge is 0.132 e. The summed E-state index contributed by atoms with van der Waals surface area (Å²) in [5, 5.41) is 0.615. The standard InChI is InChI=1S/C9H10BrClN2/c10-6-2-8(9(11)13-4-6)7-1-5(7)3-12/h2,4-5,7H,1,3,12H2. The SMILES string of the molecule is NCC1CC1c1cc(Br)cnc1Cl. The van der Waals surface area contributed by atoms with Crippen LogP contribution < -0.4 is 5.73 Å². The van der Waals surface area contributed by atoms with Crippen molar-refractivity contribution in [3.05, 3.63) is 27.5 Å². The van der Waals surface area contributed by atoms with Gasteiger partial charge in [-0.3, -0.25) is 0 Å². The van der Waals surface area contributed by atoms with E-state index in [4.69, 9.17) is 17.3 Å². The van der Waals surface area contributed by atoms with E-state index in [0.29, 0.717) is 17.0 Å². The molecular formula is C9H10BrClN2. The molecule has 0 amide bonds. The highest BCUT2D eigenvalue weighted by atomic mass is 79.9. The molecule has 0 spiro atoms. The zero-order chi connectivity index (χ0) is 9.42. The number of hydrogen-bond donors (Lipinski definition) is 1. The molecule has 0 radical (unpaired) electrons. The normalized spacial score (nSPS) is 26.1. The van der Waals surface area contributed by atoms with Gasteiger partial charge in [-0.2, -0.15) is 0 Å². The Labute approximate surface area is 90.6 Å². The van der Waals surface area contributed by atoms with Gasteiger partial charge in [0.2, 0.25) is 0 Å². The van der Waals surface area contributed by atoms with Crippen LogP contribution in [0.2, 0.25) is 5.15 Å². The molecule has 2 N–H and O–H groups in total. The zero-order valence-corrected chi connectivity index (χ0v) is 9.35. The van der Waals surface area contributed by atoms with Crippen LogP contribution in [-0.2, 0) is 0 Å². The van der Waals surface area contributed by atoms with Gasteiger partial charge in [0.15, 0.2) is 0 Å². The van der Waals surface area contributed by atoms with Crippen LogP contribution in [0.5, 0.6) is 0 Å². The molecule has 1 aliphatic carbocycles. The van der Waals surface area contributed by atoms with Crippen molar-refractivity contribution in [3.8, 4) is 0 Å². The fraction of sp³-hybridized carbons (Fsp3) is 0.444. The lowest BCUT2D eigenvalue weighted by Crippen LogP contribution is -2.02. The van der Waals surface area contributed by atoms with Crippen molar-refractivity contribution in [2.75, 3.05) is 6.54 Å². The third kappa shape index (κ3) is 1.87. The molecule has 1 aliphatic rings. The van der Waals surface area contributed by atoms with Crippen LogP contribution >= 0.6 is 27.5 Å². The summed E-state index contributed by atoms with van der Waals surface area (Å²) in [6.07, 6.45) is 2.86. The minimum atomic E-state index is 0.530. The van der Waals surface area contributed by atoms with E-state index in [1.165, 1.54) is 0 Å². The Kier molecular flexibility index (Phi) is 2.58. The predicted octanol–water partition coefficient (Wildman–Crippen LogP) is 2.56. The van der Waals surface area contributed by atoms with Crippen molar-refractivity contribution in [1.82, 2.24) is 4.98 Å². The summed E-state index contributed by atoms with van der Waals surface area (Å²) >= 11 is 9.36. The second kappa shape index (κ2) is 3.56. The molecule has 1 saturated carbocycles. The Morgan fingerprint density at radius 3 is 3.08 bits per heavy atom. The first kappa shape index (κ1) is 9.44. The number of pyridine rings is 1. The van der Waals surface area contributed by atoms with E-state index in [1.807, 2.05) is 6.07 Å². The molecule has 0 aromatic carbocycles. The van der Waals surface area contributed by atoms with Gasteiger partial charge in [0.05, 0.1) is 0 Å². The highest BCUT2D eigenvalue weighted by molar-refractivity contribution is 9.10. The molecule has 2 rings (SSSR count). The monoisotopic (exact) mass is 260 g/mol. The van der Waals surface area contributed by atoms with Crippen LogP contribution in [0.25, 0.3) is 0 Å².